The van der Waals surface area contributed by atoms with E-state index in [1.807, 2.05) is 0 Å². The molecule has 0 aliphatic rings. The standard InChI is InChI=1S/C12H15FN2O2/c1-8-4-5-10(13)9(7-8)12(17)15-6-2-3-11(14)16/h4-5,7H,2-3,6H2,1H3,(H2,14,16)(H,15,17). The van der Waals surface area contributed by atoms with Crippen LogP contribution >= 0.6 is 0 Å². The van der Waals surface area contributed by atoms with Gasteiger partial charge in [0.05, 0.1) is 5.56 Å². The lowest BCUT2D eigenvalue weighted by Crippen LogP contribution is -2.26. The van der Waals surface area contributed by atoms with E-state index in [1.165, 1.54) is 12.1 Å². The molecule has 0 atom stereocenters. The van der Waals surface area contributed by atoms with Crippen molar-refractivity contribution in [2.45, 2.75) is 19.8 Å². The number of carbonyl (C=O) groups is 2. The molecule has 0 bridgehead atoms. The summed E-state index contributed by atoms with van der Waals surface area (Å²) < 4.78 is 13.3. The quantitative estimate of drug-likeness (QED) is 0.755. The largest absolute Gasteiger partial charge is 0.370 e. The summed E-state index contributed by atoms with van der Waals surface area (Å²) in [5, 5.41) is 2.54. The number of aryl methyl sites for hydroxylation is 1. The van der Waals surface area contributed by atoms with E-state index in [-0.39, 0.29) is 12.0 Å². The van der Waals surface area contributed by atoms with Crippen molar-refractivity contribution in [3.8, 4) is 0 Å². The van der Waals surface area contributed by atoms with Gasteiger partial charge in [0.25, 0.3) is 5.91 Å². The zero-order valence-electron chi connectivity index (χ0n) is 9.63. The van der Waals surface area contributed by atoms with E-state index in [9.17, 15) is 14.0 Å². The van der Waals surface area contributed by atoms with Gasteiger partial charge in [-0.1, -0.05) is 11.6 Å². The molecule has 0 unspecified atom stereocenters. The third kappa shape index (κ3) is 4.22. The number of amides is 2. The van der Waals surface area contributed by atoms with Crippen molar-refractivity contribution in [3.63, 3.8) is 0 Å². The molecule has 0 saturated heterocycles. The number of rotatable bonds is 5. The number of primary amides is 1. The first-order valence-electron chi connectivity index (χ1n) is 5.33. The number of benzene rings is 1. The average Bonchev–Trinajstić information content (AvgIpc) is 2.27. The third-order valence-corrected chi connectivity index (χ3v) is 2.25. The van der Waals surface area contributed by atoms with Gasteiger partial charge in [0, 0.05) is 13.0 Å². The van der Waals surface area contributed by atoms with E-state index in [0.29, 0.717) is 13.0 Å². The maximum Gasteiger partial charge on any atom is 0.254 e. The van der Waals surface area contributed by atoms with Gasteiger partial charge in [-0.25, -0.2) is 4.39 Å². The Hall–Kier alpha value is -1.91. The Labute approximate surface area is 99.0 Å². The summed E-state index contributed by atoms with van der Waals surface area (Å²) in [5.41, 5.74) is 5.78. The van der Waals surface area contributed by atoms with Gasteiger partial charge in [-0.3, -0.25) is 9.59 Å². The maximum atomic E-state index is 13.3. The minimum absolute atomic E-state index is 0.0177. The van der Waals surface area contributed by atoms with Gasteiger partial charge in [-0.05, 0) is 25.5 Å². The van der Waals surface area contributed by atoms with Gasteiger partial charge >= 0.3 is 0 Å². The minimum Gasteiger partial charge on any atom is -0.370 e. The molecule has 0 aliphatic carbocycles. The topological polar surface area (TPSA) is 72.2 Å². The Balaban J connectivity index is 2.52. The summed E-state index contributed by atoms with van der Waals surface area (Å²) in [4.78, 5) is 22.1. The molecule has 17 heavy (non-hydrogen) atoms. The molecule has 1 aromatic rings. The summed E-state index contributed by atoms with van der Waals surface area (Å²) in [6.45, 7) is 2.08. The number of nitrogens with one attached hydrogen (secondary N) is 1. The maximum absolute atomic E-state index is 13.3. The fraction of sp³-hybridized carbons (Fsp3) is 0.333. The van der Waals surface area contributed by atoms with E-state index in [2.05, 4.69) is 5.32 Å². The molecule has 4 nitrogen and oxygen atoms in total. The molecular formula is C12H15FN2O2. The van der Waals surface area contributed by atoms with Crippen LogP contribution in [0.25, 0.3) is 0 Å². The Kier molecular flexibility index (Phi) is 4.63. The van der Waals surface area contributed by atoms with Gasteiger partial charge in [0.15, 0.2) is 0 Å². The molecule has 0 radical (unpaired) electrons. The van der Waals surface area contributed by atoms with Crippen molar-refractivity contribution in [1.82, 2.24) is 5.32 Å². The minimum atomic E-state index is -0.553. The lowest BCUT2D eigenvalue weighted by molar-refractivity contribution is -0.118. The SMILES string of the molecule is Cc1ccc(F)c(C(=O)NCCCC(N)=O)c1. The second kappa shape index (κ2) is 5.98. The third-order valence-electron chi connectivity index (χ3n) is 2.25. The highest BCUT2D eigenvalue weighted by molar-refractivity contribution is 5.94. The Morgan fingerprint density at radius 1 is 1.41 bits per heavy atom. The summed E-state index contributed by atoms with van der Waals surface area (Å²) in [5.74, 6) is -1.44. The van der Waals surface area contributed by atoms with Crippen LogP contribution in [0.3, 0.4) is 0 Å². The normalized spacial score (nSPS) is 10.0. The molecule has 92 valence electrons. The molecule has 3 N–H and O–H groups in total. The smallest absolute Gasteiger partial charge is 0.254 e. The highest BCUT2D eigenvalue weighted by Gasteiger charge is 2.10. The van der Waals surface area contributed by atoms with Crippen LogP contribution in [0.1, 0.15) is 28.8 Å². The van der Waals surface area contributed by atoms with E-state index in [0.717, 1.165) is 5.56 Å². The summed E-state index contributed by atoms with van der Waals surface area (Å²) in [6.07, 6.45) is 0.658. The first-order valence-corrected chi connectivity index (χ1v) is 5.33. The van der Waals surface area contributed by atoms with Gasteiger partial charge < -0.3 is 11.1 Å². The zero-order chi connectivity index (χ0) is 12.8. The van der Waals surface area contributed by atoms with E-state index in [4.69, 9.17) is 5.73 Å². The number of carbonyl (C=O) groups excluding carboxylic acids is 2. The van der Waals surface area contributed by atoms with Crippen LogP contribution in [-0.4, -0.2) is 18.4 Å². The highest BCUT2D eigenvalue weighted by atomic mass is 19.1. The number of halogens is 1. The number of hydrogen-bond acceptors (Lipinski definition) is 2. The van der Waals surface area contributed by atoms with Crippen LogP contribution in [0.2, 0.25) is 0 Å². The molecule has 1 aromatic carbocycles. The average molecular weight is 238 g/mol. The van der Waals surface area contributed by atoms with Crippen molar-refractivity contribution in [3.05, 3.63) is 35.1 Å². The molecular weight excluding hydrogens is 223 g/mol. The van der Waals surface area contributed by atoms with E-state index < -0.39 is 17.6 Å². The predicted molar refractivity (Wildman–Crippen MR) is 61.9 cm³/mol. The summed E-state index contributed by atoms with van der Waals surface area (Å²) >= 11 is 0. The molecule has 0 aliphatic heterocycles. The Morgan fingerprint density at radius 3 is 2.76 bits per heavy atom. The van der Waals surface area contributed by atoms with Crippen LogP contribution in [0.15, 0.2) is 18.2 Å². The van der Waals surface area contributed by atoms with Crippen LogP contribution < -0.4 is 11.1 Å². The molecule has 0 spiro atoms. The van der Waals surface area contributed by atoms with E-state index in [1.54, 1.807) is 13.0 Å². The van der Waals surface area contributed by atoms with Crippen LogP contribution in [0.4, 0.5) is 4.39 Å². The fourth-order valence-electron chi connectivity index (χ4n) is 1.37. The Morgan fingerprint density at radius 2 is 2.12 bits per heavy atom. The Bertz CT molecular complexity index is 433. The van der Waals surface area contributed by atoms with Gasteiger partial charge in [-0.15, -0.1) is 0 Å². The number of hydrogen-bond donors (Lipinski definition) is 2. The van der Waals surface area contributed by atoms with Crippen molar-refractivity contribution >= 4 is 11.8 Å². The van der Waals surface area contributed by atoms with Crippen molar-refractivity contribution in [2.75, 3.05) is 6.54 Å². The molecule has 0 heterocycles. The number of nitrogens with two attached hydrogens (primary N) is 1. The van der Waals surface area contributed by atoms with E-state index >= 15 is 0 Å². The van der Waals surface area contributed by atoms with Crippen LogP contribution in [0.5, 0.6) is 0 Å². The second-order valence-corrected chi connectivity index (χ2v) is 3.81. The predicted octanol–water partition coefficient (Wildman–Crippen LogP) is 1.13. The second-order valence-electron chi connectivity index (χ2n) is 3.81. The van der Waals surface area contributed by atoms with Crippen molar-refractivity contribution < 1.29 is 14.0 Å². The van der Waals surface area contributed by atoms with Crippen LogP contribution in [0, 0.1) is 12.7 Å². The first-order chi connectivity index (χ1) is 8.00. The molecule has 0 saturated carbocycles. The fourth-order valence-corrected chi connectivity index (χ4v) is 1.37. The lowest BCUT2D eigenvalue weighted by atomic mass is 10.1. The molecule has 0 aromatic heterocycles. The van der Waals surface area contributed by atoms with Gasteiger partial charge in [0.1, 0.15) is 5.82 Å². The van der Waals surface area contributed by atoms with Gasteiger partial charge in [-0.2, -0.15) is 0 Å². The molecule has 5 heteroatoms. The monoisotopic (exact) mass is 238 g/mol. The highest BCUT2D eigenvalue weighted by Crippen LogP contribution is 2.09. The van der Waals surface area contributed by atoms with Crippen LogP contribution in [-0.2, 0) is 4.79 Å². The molecule has 1 rings (SSSR count). The summed E-state index contributed by atoms with van der Waals surface area (Å²) in [7, 11) is 0. The van der Waals surface area contributed by atoms with Crippen molar-refractivity contribution in [2.24, 2.45) is 5.73 Å². The first kappa shape index (κ1) is 13.2. The molecule has 2 amide bonds. The molecule has 0 fully saturated rings. The summed E-state index contributed by atoms with van der Waals surface area (Å²) in [6, 6.07) is 4.34. The van der Waals surface area contributed by atoms with Gasteiger partial charge in [0.2, 0.25) is 5.91 Å². The van der Waals surface area contributed by atoms with Crippen molar-refractivity contribution in [1.29, 1.82) is 0 Å². The zero-order valence-corrected chi connectivity index (χ0v) is 9.63. The lowest BCUT2D eigenvalue weighted by Gasteiger charge is -2.06.